The number of carboxylic acids is 1. The van der Waals surface area contributed by atoms with Gasteiger partial charge in [-0.3, -0.25) is 24.0 Å². The molecule has 0 saturated carbocycles. The van der Waals surface area contributed by atoms with E-state index >= 15 is 0 Å². The molecule has 2 heterocycles. The fourth-order valence-electron chi connectivity index (χ4n) is 5.55. The summed E-state index contributed by atoms with van der Waals surface area (Å²) in [5, 5.41) is 16.8. The van der Waals surface area contributed by atoms with E-state index in [-0.39, 0.29) is 11.8 Å². The number of amides is 4. The molecule has 55 heavy (non-hydrogen) atoms. The van der Waals surface area contributed by atoms with Crippen molar-refractivity contribution in [2.45, 2.75) is 90.1 Å². The third-order valence-electron chi connectivity index (χ3n) is 8.65. The Kier molecular flexibility index (Phi) is 15.4. The first-order valence-corrected chi connectivity index (χ1v) is 19.2. The highest BCUT2D eigenvalue weighted by molar-refractivity contribution is 7.14. The molecule has 13 nitrogen and oxygen atoms in total. The second-order valence-corrected chi connectivity index (χ2v) is 15.4. The first kappa shape index (κ1) is 42.1. The maximum absolute atomic E-state index is 13.6. The molecule has 0 aliphatic rings. The summed E-state index contributed by atoms with van der Waals surface area (Å²) in [6.45, 7) is 8.43. The van der Waals surface area contributed by atoms with Crippen LogP contribution in [0.15, 0.2) is 73.1 Å². The molecule has 2 aromatic heterocycles. The third-order valence-corrected chi connectivity index (χ3v) is 10.2. The summed E-state index contributed by atoms with van der Waals surface area (Å²) < 4.78 is 5.88. The molecule has 0 aliphatic heterocycles. The van der Waals surface area contributed by atoms with E-state index in [1.54, 1.807) is 42.7 Å². The Morgan fingerprint density at radius 2 is 1.45 bits per heavy atom. The number of carbonyl (C=O) groups excluding carboxylic acids is 4. The number of nitrogens with one attached hydrogen (secondary N) is 3. The van der Waals surface area contributed by atoms with Gasteiger partial charge in [-0.2, -0.15) is 0 Å². The lowest BCUT2D eigenvalue weighted by molar-refractivity contribution is -0.140. The van der Waals surface area contributed by atoms with Crippen molar-refractivity contribution in [3.05, 3.63) is 88.4 Å². The minimum atomic E-state index is -1.53. The second-order valence-electron chi connectivity index (χ2n) is 14.3. The van der Waals surface area contributed by atoms with Gasteiger partial charge in [0.15, 0.2) is 5.82 Å². The number of unbranched alkanes of at least 4 members (excludes halogenated alkanes) is 4. The zero-order valence-electron chi connectivity index (χ0n) is 31.7. The van der Waals surface area contributed by atoms with Gasteiger partial charge in [0.2, 0.25) is 17.7 Å². The molecular weight excluding hydrogens is 721 g/mol. The molecule has 0 fully saturated rings. The van der Waals surface area contributed by atoms with Gasteiger partial charge >= 0.3 is 5.97 Å². The third kappa shape index (κ3) is 13.3. The summed E-state index contributed by atoms with van der Waals surface area (Å²) >= 11 is 1.30. The van der Waals surface area contributed by atoms with Crippen molar-refractivity contribution in [1.29, 1.82) is 0 Å². The van der Waals surface area contributed by atoms with Gasteiger partial charge in [0.1, 0.15) is 17.8 Å². The van der Waals surface area contributed by atoms with Crippen LogP contribution in [0.25, 0.3) is 22.5 Å². The lowest BCUT2D eigenvalue weighted by Crippen LogP contribution is -2.55. The largest absolute Gasteiger partial charge is 0.494 e. The maximum Gasteiger partial charge on any atom is 0.305 e. The van der Waals surface area contributed by atoms with Crippen LogP contribution in [0.4, 0.5) is 0 Å². The minimum absolute atomic E-state index is 0.0103. The molecule has 2 atom stereocenters. The fraction of sp³-hybridized carbons (Fsp3) is 0.390. The molecule has 4 rings (SSSR count). The topological polar surface area (TPSA) is 203 Å². The number of aromatic nitrogens is 2. The quantitative estimate of drug-likeness (QED) is 0.0728. The maximum atomic E-state index is 13.6. The van der Waals surface area contributed by atoms with Crippen molar-refractivity contribution in [1.82, 2.24) is 25.9 Å². The molecule has 0 unspecified atom stereocenters. The normalized spacial score (nSPS) is 12.3. The van der Waals surface area contributed by atoms with E-state index in [4.69, 9.17) is 10.5 Å². The summed E-state index contributed by atoms with van der Waals surface area (Å²) in [4.78, 5) is 73.0. The first-order valence-electron chi connectivity index (χ1n) is 18.4. The van der Waals surface area contributed by atoms with Gasteiger partial charge in [-0.05, 0) is 47.2 Å². The van der Waals surface area contributed by atoms with Crippen molar-refractivity contribution < 1.29 is 33.8 Å². The van der Waals surface area contributed by atoms with Crippen molar-refractivity contribution in [2.24, 2.45) is 5.73 Å². The number of carboxylic acid groups (broad SMARTS) is 1. The summed E-state index contributed by atoms with van der Waals surface area (Å²) in [5.74, 6) is -3.07. The lowest BCUT2D eigenvalue weighted by atomic mass is 9.95. The van der Waals surface area contributed by atoms with Crippen LogP contribution < -0.4 is 26.4 Å². The van der Waals surface area contributed by atoms with Gasteiger partial charge in [-0.1, -0.05) is 89.8 Å². The van der Waals surface area contributed by atoms with Gasteiger partial charge in [-0.25, -0.2) is 9.97 Å². The molecule has 2 aromatic carbocycles. The van der Waals surface area contributed by atoms with E-state index in [9.17, 15) is 29.1 Å². The van der Waals surface area contributed by atoms with Crippen LogP contribution >= 0.6 is 11.3 Å². The van der Waals surface area contributed by atoms with E-state index in [1.807, 2.05) is 51.1 Å². The van der Waals surface area contributed by atoms with Crippen LogP contribution in [-0.2, 0) is 31.0 Å². The number of nitrogens with two attached hydrogens (primary N) is 1. The predicted molar refractivity (Wildman–Crippen MR) is 212 cm³/mol. The van der Waals surface area contributed by atoms with E-state index in [2.05, 4.69) is 32.8 Å². The first-order chi connectivity index (χ1) is 26.2. The number of hydrogen-bond acceptors (Lipinski definition) is 9. The standard InChI is InChI=1S/C41H50N6O7S/c1-5-6-7-8-9-20-54-30-16-14-27(15-17-30)29-23-43-37(44-24-29)28-12-10-26(11-13-28)21-31(47-40(53)33-18-19-34(55-33)41(2,3)4)39(52)46-32(22-36(49)50)38(51)45-25-35(42)48/h10-19,23-24,31-32H,5-9,20-22,25H2,1-4H3,(H2,42,48)(H,45,51)(H,46,52)(H,47,53)(H,49,50)/t31-,32-/m0/s1. The number of rotatable bonds is 20. The molecule has 0 aliphatic carbocycles. The molecule has 0 radical (unpaired) electrons. The Bertz CT molecular complexity index is 1910. The lowest BCUT2D eigenvalue weighted by Gasteiger charge is -2.22. The molecule has 0 saturated heterocycles. The van der Waals surface area contributed by atoms with E-state index in [0.29, 0.717) is 22.9 Å². The van der Waals surface area contributed by atoms with Crippen LogP contribution in [0.1, 0.15) is 86.3 Å². The Hall–Kier alpha value is -5.63. The number of ether oxygens (including phenoxy) is 1. The van der Waals surface area contributed by atoms with Crippen molar-refractivity contribution in [3.8, 4) is 28.3 Å². The average Bonchev–Trinajstić information content (AvgIpc) is 3.67. The number of nitrogens with zero attached hydrogens (tertiary/aromatic N) is 2. The zero-order valence-corrected chi connectivity index (χ0v) is 32.5. The molecule has 0 bridgehead atoms. The predicted octanol–water partition coefficient (Wildman–Crippen LogP) is 5.42. The number of aliphatic carboxylic acids is 1. The van der Waals surface area contributed by atoms with E-state index in [0.717, 1.165) is 33.7 Å². The Balaban J connectivity index is 1.46. The van der Waals surface area contributed by atoms with Crippen molar-refractivity contribution in [3.63, 3.8) is 0 Å². The number of benzene rings is 2. The second kappa shape index (κ2) is 20.2. The smallest absolute Gasteiger partial charge is 0.305 e. The summed E-state index contributed by atoms with van der Waals surface area (Å²) in [6.07, 6.45) is 8.65. The highest BCUT2D eigenvalue weighted by Gasteiger charge is 2.30. The van der Waals surface area contributed by atoms with Gasteiger partial charge < -0.3 is 31.5 Å². The molecule has 292 valence electrons. The molecular formula is C41H50N6O7S. The highest BCUT2D eigenvalue weighted by Crippen LogP contribution is 2.29. The Morgan fingerprint density at radius 3 is 2.05 bits per heavy atom. The Labute approximate surface area is 325 Å². The minimum Gasteiger partial charge on any atom is -0.494 e. The van der Waals surface area contributed by atoms with Crippen LogP contribution in [0.2, 0.25) is 0 Å². The number of primary amides is 1. The van der Waals surface area contributed by atoms with E-state index < -0.39 is 54.6 Å². The van der Waals surface area contributed by atoms with Gasteiger partial charge in [0.05, 0.1) is 24.4 Å². The SMILES string of the molecule is CCCCCCCOc1ccc(-c2cnc(-c3ccc(C[C@H](NC(=O)c4ccc(C(C)(C)C)s4)C(=O)N[C@@H](CC(=O)O)C(=O)NCC(N)=O)cc3)nc2)cc1. The van der Waals surface area contributed by atoms with Gasteiger partial charge in [-0.15, -0.1) is 11.3 Å². The molecule has 4 amide bonds. The molecule has 6 N–H and O–H groups in total. The number of thiophene rings is 1. The van der Waals surface area contributed by atoms with Crippen LogP contribution in [0.3, 0.4) is 0 Å². The Morgan fingerprint density at radius 1 is 0.800 bits per heavy atom. The van der Waals surface area contributed by atoms with E-state index in [1.165, 1.54) is 37.0 Å². The average molecular weight is 771 g/mol. The van der Waals surface area contributed by atoms with Gasteiger partial charge in [0.25, 0.3) is 5.91 Å². The highest BCUT2D eigenvalue weighted by atomic mass is 32.1. The molecule has 4 aromatic rings. The zero-order chi connectivity index (χ0) is 40.0. The fourth-order valence-corrected chi connectivity index (χ4v) is 6.51. The van der Waals surface area contributed by atoms with Crippen molar-refractivity contribution in [2.75, 3.05) is 13.2 Å². The number of hydrogen-bond donors (Lipinski definition) is 5. The van der Waals surface area contributed by atoms with Crippen LogP contribution in [-0.4, -0.2) is 69.9 Å². The summed E-state index contributed by atoms with van der Waals surface area (Å²) in [7, 11) is 0. The monoisotopic (exact) mass is 770 g/mol. The molecule has 14 heteroatoms. The van der Waals surface area contributed by atoms with Crippen LogP contribution in [0, 0.1) is 0 Å². The summed E-state index contributed by atoms with van der Waals surface area (Å²) in [6, 6.07) is 15.8. The number of carbonyl (C=O) groups is 5. The molecule has 0 spiro atoms. The summed E-state index contributed by atoms with van der Waals surface area (Å²) in [5.41, 5.74) is 8.11. The van der Waals surface area contributed by atoms with Gasteiger partial charge in [0, 0.05) is 34.8 Å². The van der Waals surface area contributed by atoms with Crippen LogP contribution in [0.5, 0.6) is 5.75 Å². The van der Waals surface area contributed by atoms with Crippen molar-refractivity contribution >= 4 is 40.9 Å².